The van der Waals surface area contributed by atoms with Gasteiger partial charge in [0.2, 0.25) is 0 Å². The molecule has 0 rings (SSSR count). The van der Waals surface area contributed by atoms with Crippen LogP contribution in [0.15, 0.2) is 0 Å². The summed E-state index contributed by atoms with van der Waals surface area (Å²) in [4.78, 5) is 0. The molecule has 0 unspecified atom stereocenters. The van der Waals surface area contributed by atoms with Crippen molar-refractivity contribution in [3.05, 3.63) is 0 Å². The zero-order valence-electron chi connectivity index (χ0n) is 5.17. The van der Waals surface area contributed by atoms with Crippen LogP contribution in [0.4, 0.5) is 0 Å². The number of hydrogen-bond donors (Lipinski definition) is 1. The van der Waals surface area contributed by atoms with Crippen LogP contribution in [-0.2, 0) is 13.6 Å². The van der Waals surface area contributed by atoms with Crippen LogP contribution < -0.4 is 0 Å². The first-order chi connectivity index (χ1) is 3.68. The van der Waals surface area contributed by atoms with Gasteiger partial charge in [0.25, 0.3) is 0 Å². The van der Waals surface area contributed by atoms with E-state index in [9.17, 15) is 0 Å². The summed E-state index contributed by atoms with van der Waals surface area (Å²) in [7, 11) is 2.04. The molecule has 0 aromatic heterocycles. The van der Waals surface area contributed by atoms with Gasteiger partial charge in [-0.1, -0.05) is 0 Å². The second-order valence-electron chi connectivity index (χ2n) is 1.14. The summed E-state index contributed by atoms with van der Waals surface area (Å²) < 4.78 is 14.4. The van der Waals surface area contributed by atoms with E-state index in [1.807, 2.05) is 0 Å². The Hall–Kier alpha value is 0.660. The molecule has 0 saturated heterocycles. The van der Waals surface area contributed by atoms with Crippen LogP contribution in [0.5, 0.6) is 0 Å². The van der Waals surface area contributed by atoms with Crippen molar-refractivity contribution in [3.8, 4) is 0 Å². The van der Waals surface area contributed by atoms with Crippen LogP contribution in [0.25, 0.3) is 0 Å². The Kier molecular flexibility index (Phi) is 3.94. The summed E-state index contributed by atoms with van der Waals surface area (Å²) >= 11 is 3.99. The molecular formula is C3H11O3PS. The fourth-order valence-electron chi connectivity index (χ4n) is 0.250. The molecule has 0 aliphatic carbocycles. The Bertz CT molecular complexity index is 57.3. The molecule has 52 valence electrons. The first-order valence-corrected chi connectivity index (χ1v) is 5.07. The molecule has 0 amide bonds. The zero-order valence-corrected chi connectivity index (χ0v) is 7.07. The Morgan fingerprint density at radius 1 is 1.00 bits per heavy atom. The second-order valence-corrected chi connectivity index (χ2v) is 5.05. The number of rotatable bonds is 3. The third kappa shape index (κ3) is 2.29. The van der Waals surface area contributed by atoms with Gasteiger partial charge in [0.1, 0.15) is 0 Å². The summed E-state index contributed by atoms with van der Waals surface area (Å²) in [5.74, 6) is 0. The first-order valence-electron chi connectivity index (χ1n) is 2.06. The van der Waals surface area contributed by atoms with Gasteiger partial charge in [-0.25, -0.2) is 0 Å². The molecule has 0 atom stereocenters. The van der Waals surface area contributed by atoms with Crippen LogP contribution in [0.1, 0.15) is 0 Å². The van der Waals surface area contributed by atoms with E-state index < -0.39 is 7.15 Å². The summed E-state index contributed by atoms with van der Waals surface area (Å²) in [6, 6.07) is 0. The van der Waals surface area contributed by atoms with Crippen LogP contribution in [-0.4, -0.2) is 21.3 Å². The molecule has 0 heterocycles. The monoisotopic (exact) mass is 158 g/mol. The van der Waals surface area contributed by atoms with Crippen LogP contribution in [0, 0.1) is 0 Å². The van der Waals surface area contributed by atoms with Gasteiger partial charge in [-0.15, -0.1) is 0 Å². The third-order valence-electron chi connectivity index (χ3n) is 0.774. The number of thiol groups is 1. The maximum absolute atomic E-state index is 4.79. The van der Waals surface area contributed by atoms with E-state index in [0.29, 0.717) is 0 Å². The topological polar surface area (TPSA) is 27.7 Å². The summed E-state index contributed by atoms with van der Waals surface area (Å²) in [6.45, 7) is 0. The van der Waals surface area contributed by atoms with Crippen LogP contribution in [0.3, 0.4) is 0 Å². The van der Waals surface area contributed by atoms with Gasteiger partial charge in [-0.05, 0) is 0 Å². The zero-order chi connectivity index (χ0) is 6.62. The van der Waals surface area contributed by atoms with Crippen LogP contribution >= 0.6 is 19.4 Å². The van der Waals surface area contributed by atoms with E-state index in [2.05, 4.69) is 12.2 Å². The minimum absolute atomic E-state index is 1.51. The maximum atomic E-state index is 4.79. The molecule has 0 fully saturated rings. The van der Waals surface area contributed by atoms with Crippen molar-refractivity contribution in [2.75, 3.05) is 21.3 Å². The Balaban J connectivity index is 3.58. The molecule has 0 aliphatic heterocycles. The van der Waals surface area contributed by atoms with Gasteiger partial charge < -0.3 is 0 Å². The summed E-state index contributed by atoms with van der Waals surface area (Å²) in [5.41, 5.74) is 0. The van der Waals surface area contributed by atoms with Crippen LogP contribution in [0.2, 0.25) is 0 Å². The van der Waals surface area contributed by atoms with E-state index in [1.165, 1.54) is 21.3 Å². The fraction of sp³-hybridized carbons (Fsp3) is 1.00. The SMILES string of the molecule is CO[PH](S)(OC)OC. The molecule has 0 saturated carbocycles. The Morgan fingerprint density at radius 2 is 1.25 bits per heavy atom. The Morgan fingerprint density at radius 3 is 1.25 bits per heavy atom. The van der Waals surface area contributed by atoms with E-state index in [4.69, 9.17) is 13.6 Å². The predicted molar refractivity (Wildman–Crippen MR) is 38.3 cm³/mol. The van der Waals surface area contributed by atoms with Crippen molar-refractivity contribution in [3.63, 3.8) is 0 Å². The van der Waals surface area contributed by atoms with Crippen molar-refractivity contribution < 1.29 is 13.6 Å². The van der Waals surface area contributed by atoms with Crippen molar-refractivity contribution in [2.45, 2.75) is 0 Å². The van der Waals surface area contributed by atoms with Crippen molar-refractivity contribution >= 4 is 19.4 Å². The Labute approximate surface area is 55.1 Å². The number of hydrogen-bond acceptors (Lipinski definition) is 4. The molecule has 0 radical (unpaired) electrons. The average molecular weight is 158 g/mol. The molecule has 3 nitrogen and oxygen atoms in total. The molecule has 0 aromatic rings. The van der Waals surface area contributed by atoms with Gasteiger partial charge in [-0.3, -0.25) is 0 Å². The average Bonchev–Trinajstić information content (AvgIpc) is 1.87. The van der Waals surface area contributed by atoms with E-state index in [-0.39, 0.29) is 0 Å². The molecule has 0 bridgehead atoms. The van der Waals surface area contributed by atoms with Crippen molar-refractivity contribution in [2.24, 2.45) is 0 Å². The van der Waals surface area contributed by atoms with Gasteiger partial charge in [0.15, 0.2) is 0 Å². The molecule has 5 heteroatoms. The molecule has 0 aliphatic rings. The normalized spacial score (nSPS) is 14.0. The van der Waals surface area contributed by atoms with E-state index >= 15 is 0 Å². The van der Waals surface area contributed by atoms with E-state index in [1.54, 1.807) is 0 Å². The second kappa shape index (κ2) is 3.64. The quantitative estimate of drug-likeness (QED) is 0.495. The summed E-state index contributed by atoms with van der Waals surface area (Å²) in [6.07, 6.45) is 0. The molecule has 0 aromatic carbocycles. The molecule has 0 N–H and O–H groups in total. The first kappa shape index (κ1) is 8.66. The fourth-order valence-corrected chi connectivity index (χ4v) is 0.750. The molecule has 0 spiro atoms. The predicted octanol–water partition coefficient (Wildman–Crippen LogP) is 1.27. The van der Waals surface area contributed by atoms with Crippen molar-refractivity contribution in [1.29, 1.82) is 0 Å². The summed E-state index contributed by atoms with van der Waals surface area (Å²) in [5, 5.41) is 0. The van der Waals surface area contributed by atoms with Gasteiger partial charge in [0, 0.05) is 0 Å². The van der Waals surface area contributed by atoms with E-state index in [0.717, 1.165) is 0 Å². The minimum atomic E-state index is -2.48. The van der Waals surface area contributed by atoms with Gasteiger partial charge >= 0.3 is 54.3 Å². The standard InChI is InChI=1S/C3H11O3PS/c1-4-7(8,5-2)6-3/h7-8H,1-3H3. The van der Waals surface area contributed by atoms with Crippen molar-refractivity contribution in [1.82, 2.24) is 0 Å². The molecular weight excluding hydrogens is 147 g/mol. The molecule has 8 heavy (non-hydrogen) atoms. The van der Waals surface area contributed by atoms with Gasteiger partial charge in [0.05, 0.1) is 0 Å². The third-order valence-corrected chi connectivity index (χ3v) is 3.96. The van der Waals surface area contributed by atoms with Gasteiger partial charge in [-0.2, -0.15) is 0 Å².